The van der Waals surface area contributed by atoms with Gasteiger partial charge >= 0.3 is 0 Å². The van der Waals surface area contributed by atoms with Crippen LogP contribution in [-0.2, 0) is 23.9 Å². The van der Waals surface area contributed by atoms with Crippen molar-refractivity contribution in [1.29, 1.82) is 0 Å². The van der Waals surface area contributed by atoms with E-state index in [-0.39, 0.29) is 42.9 Å². The molecule has 0 saturated carbocycles. The molecule has 0 radical (unpaired) electrons. The Morgan fingerprint density at radius 2 is 1.90 bits per heavy atom. The van der Waals surface area contributed by atoms with Gasteiger partial charge in [-0.25, -0.2) is 0 Å². The summed E-state index contributed by atoms with van der Waals surface area (Å²) < 4.78 is 10.3. The molecule has 30 heavy (non-hydrogen) atoms. The Bertz CT molecular complexity index is 886. The van der Waals surface area contributed by atoms with Crippen molar-refractivity contribution in [2.45, 2.75) is 18.9 Å². The molecule has 11 heteroatoms. The van der Waals surface area contributed by atoms with Crippen molar-refractivity contribution >= 4 is 35.2 Å². The minimum atomic E-state index is -1.07. The molecule has 0 aromatic heterocycles. The molecule has 3 rings (SSSR count). The quantitative estimate of drug-likeness (QED) is 0.341. The Morgan fingerprint density at radius 1 is 1.13 bits per heavy atom. The SMILES string of the molecule is NCCOCCOCC(=O)Nc1cccc2c1C(=O)N(C1CCC(=O)NC1=O)C2=O. The number of nitrogens with two attached hydrogens (primary N) is 1. The third-order valence-corrected chi connectivity index (χ3v) is 4.61. The van der Waals surface area contributed by atoms with E-state index in [1.54, 1.807) is 0 Å². The summed E-state index contributed by atoms with van der Waals surface area (Å²) in [4.78, 5) is 62.2. The number of nitrogens with zero attached hydrogens (tertiary/aromatic N) is 1. The number of fused-ring (bicyclic) bond motifs is 1. The summed E-state index contributed by atoms with van der Waals surface area (Å²) >= 11 is 0. The molecule has 1 fully saturated rings. The van der Waals surface area contributed by atoms with Crippen LogP contribution in [0.5, 0.6) is 0 Å². The topological polar surface area (TPSA) is 157 Å². The molecule has 11 nitrogen and oxygen atoms in total. The first-order valence-corrected chi connectivity index (χ1v) is 9.44. The standard InChI is InChI=1S/C19H22N4O7/c20-6-7-29-8-9-30-10-15(25)21-12-3-1-2-11-16(12)19(28)23(18(11)27)13-4-5-14(24)22-17(13)26/h1-3,13H,4-10,20H2,(H,21,25)(H,22,24,26). The van der Waals surface area contributed by atoms with Gasteiger partial charge in [-0.15, -0.1) is 0 Å². The highest BCUT2D eigenvalue weighted by Gasteiger charge is 2.45. The summed E-state index contributed by atoms with van der Waals surface area (Å²) in [7, 11) is 0. The van der Waals surface area contributed by atoms with E-state index in [0.717, 1.165) is 4.90 Å². The molecule has 1 aromatic carbocycles. The molecule has 2 heterocycles. The number of nitrogens with one attached hydrogen (secondary N) is 2. The molecule has 1 saturated heterocycles. The van der Waals surface area contributed by atoms with E-state index in [2.05, 4.69) is 10.6 Å². The van der Waals surface area contributed by atoms with Gasteiger partial charge in [0.05, 0.1) is 36.6 Å². The van der Waals surface area contributed by atoms with Crippen molar-refractivity contribution in [3.8, 4) is 0 Å². The van der Waals surface area contributed by atoms with Crippen molar-refractivity contribution in [3.05, 3.63) is 29.3 Å². The van der Waals surface area contributed by atoms with E-state index in [0.29, 0.717) is 19.8 Å². The fourth-order valence-electron chi connectivity index (χ4n) is 3.27. The van der Waals surface area contributed by atoms with Crippen LogP contribution in [0.2, 0.25) is 0 Å². The van der Waals surface area contributed by atoms with Crippen LogP contribution in [0.3, 0.4) is 0 Å². The first-order chi connectivity index (χ1) is 14.4. The Kier molecular flexibility index (Phi) is 6.87. The Morgan fingerprint density at radius 3 is 2.63 bits per heavy atom. The number of anilines is 1. The number of ether oxygens (including phenoxy) is 2. The number of rotatable bonds is 9. The average Bonchev–Trinajstić information content (AvgIpc) is 2.96. The van der Waals surface area contributed by atoms with Crippen molar-refractivity contribution < 1.29 is 33.4 Å². The van der Waals surface area contributed by atoms with Gasteiger partial charge in [0.15, 0.2) is 0 Å². The lowest BCUT2D eigenvalue weighted by Gasteiger charge is -2.27. The number of carbonyl (C=O) groups is 5. The van der Waals surface area contributed by atoms with Crippen LogP contribution >= 0.6 is 0 Å². The van der Waals surface area contributed by atoms with Gasteiger partial charge in [0.25, 0.3) is 11.8 Å². The van der Waals surface area contributed by atoms with Crippen LogP contribution < -0.4 is 16.4 Å². The summed E-state index contributed by atoms with van der Waals surface area (Å²) in [5, 5.41) is 4.69. The molecule has 0 aliphatic carbocycles. The van der Waals surface area contributed by atoms with Crippen molar-refractivity contribution in [3.63, 3.8) is 0 Å². The van der Waals surface area contributed by atoms with Crippen LogP contribution in [0.4, 0.5) is 5.69 Å². The second-order valence-electron chi connectivity index (χ2n) is 6.68. The zero-order valence-electron chi connectivity index (χ0n) is 16.1. The highest BCUT2D eigenvalue weighted by atomic mass is 16.5. The number of piperidine rings is 1. The maximum absolute atomic E-state index is 12.9. The number of carbonyl (C=O) groups excluding carboxylic acids is 5. The third-order valence-electron chi connectivity index (χ3n) is 4.61. The number of benzene rings is 1. The molecular weight excluding hydrogens is 396 g/mol. The predicted molar refractivity (Wildman–Crippen MR) is 102 cm³/mol. The van der Waals surface area contributed by atoms with Crippen LogP contribution in [0.15, 0.2) is 18.2 Å². The van der Waals surface area contributed by atoms with E-state index < -0.39 is 35.6 Å². The smallest absolute Gasteiger partial charge is 0.264 e. The van der Waals surface area contributed by atoms with Gasteiger partial charge in [0.2, 0.25) is 17.7 Å². The fraction of sp³-hybridized carbons (Fsp3) is 0.421. The molecule has 2 aliphatic rings. The predicted octanol–water partition coefficient (Wildman–Crippen LogP) is -0.982. The second-order valence-corrected chi connectivity index (χ2v) is 6.68. The highest BCUT2D eigenvalue weighted by molar-refractivity contribution is 6.26. The van der Waals surface area contributed by atoms with E-state index >= 15 is 0 Å². The molecule has 0 bridgehead atoms. The zero-order chi connectivity index (χ0) is 21.7. The number of imide groups is 2. The minimum Gasteiger partial charge on any atom is -0.378 e. The van der Waals surface area contributed by atoms with Crippen molar-refractivity contribution in [2.75, 3.05) is 38.3 Å². The van der Waals surface area contributed by atoms with Gasteiger partial charge in [-0.3, -0.25) is 34.2 Å². The van der Waals surface area contributed by atoms with E-state index in [9.17, 15) is 24.0 Å². The summed E-state index contributed by atoms with van der Waals surface area (Å²) in [6.07, 6.45) is 0.0810. The van der Waals surface area contributed by atoms with Gasteiger partial charge in [-0.1, -0.05) is 6.07 Å². The summed E-state index contributed by atoms with van der Waals surface area (Å²) in [5.41, 5.74) is 5.53. The van der Waals surface area contributed by atoms with Crippen LogP contribution in [-0.4, -0.2) is 73.4 Å². The highest BCUT2D eigenvalue weighted by Crippen LogP contribution is 2.32. The molecule has 4 N–H and O–H groups in total. The molecule has 2 aliphatic heterocycles. The summed E-state index contributed by atoms with van der Waals surface area (Å²) in [5.74, 6) is -3.00. The largest absolute Gasteiger partial charge is 0.378 e. The summed E-state index contributed by atoms with van der Waals surface area (Å²) in [6.45, 7) is 1.00. The normalized spacial score (nSPS) is 18.4. The van der Waals surface area contributed by atoms with Gasteiger partial charge in [-0.2, -0.15) is 0 Å². The molecule has 1 unspecified atom stereocenters. The lowest BCUT2D eigenvalue weighted by atomic mass is 10.0. The molecule has 1 atom stereocenters. The van der Waals surface area contributed by atoms with E-state index in [1.165, 1.54) is 18.2 Å². The van der Waals surface area contributed by atoms with Gasteiger partial charge in [0.1, 0.15) is 12.6 Å². The Balaban J connectivity index is 1.67. The molecular formula is C19H22N4O7. The van der Waals surface area contributed by atoms with Gasteiger partial charge < -0.3 is 20.5 Å². The lowest BCUT2D eigenvalue weighted by molar-refractivity contribution is -0.136. The molecule has 0 spiro atoms. The first kappa shape index (κ1) is 21.6. The van der Waals surface area contributed by atoms with Crippen molar-refractivity contribution in [2.24, 2.45) is 5.73 Å². The van der Waals surface area contributed by atoms with Gasteiger partial charge in [0, 0.05) is 13.0 Å². The molecule has 1 aromatic rings. The first-order valence-electron chi connectivity index (χ1n) is 9.44. The van der Waals surface area contributed by atoms with Crippen LogP contribution in [0, 0.1) is 0 Å². The van der Waals surface area contributed by atoms with Crippen molar-refractivity contribution in [1.82, 2.24) is 10.2 Å². The van der Waals surface area contributed by atoms with E-state index in [4.69, 9.17) is 15.2 Å². The third kappa shape index (κ3) is 4.53. The Hall–Kier alpha value is -3.15. The van der Waals surface area contributed by atoms with E-state index in [1.807, 2.05) is 0 Å². The maximum Gasteiger partial charge on any atom is 0.264 e. The second kappa shape index (κ2) is 9.57. The monoisotopic (exact) mass is 418 g/mol. The maximum atomic E-state index is 12.9. The lowest BCUT2D eigenvalue weighted by Crippen LogP contribution is -2.54. The number of hydrogen-bond donors (Lipinski definition) is 3. The average molecular weight is 418 g/mol. The molecule has 160 valence electrons. The zero-order valence-corrected chi connectivity index (χ0v) is 16.1. The summed E-state index contributed by atoms with van der Waals surface area (Å²) in [6, 6.07) is 3.38. The molecule has 5 amide bonds. The Labute approximate surface area is 171 Å². The minimum absolute atomic E-state index is 0.00632. The van der Waals surface area contributed by atoms with Crippen LogP contribution in [0.25, 0.3) is 0 Å². The fourth-order valence-corrected chi connectivity index (χ4v) is 3.27. The van der Waals surface area contributed by atoms with Gasteiger partial charge in [-0.05, 0) is 18.6 Å². The number of amides is 5. The number of hydrogen-bond acceptors (Lipinski definition) is 8. The van der Waals surface area contributed by atoms with Crippen LogP contribution in [0.1, 0.15) is 33.6 Å².